The SMILES string of the molecule is N.O.c1ccccc1. The van der Waals surface area contributed by atoms with Gasteiger partial charge in [0.05, 0.1) is 0 Å². The number of benzene rings is 1. The van der Waals surface area contributed by atoms with Crippen molar-refractivity contribution in [1.29, 1.82) is 0 Å². The summed E-state index contributed by atoms with van der Waals surface area (Å²) in [7, 11) is 0. The van der Waals surface area contributed by atoms with Gasteiger partial charge in [0.15, 0.2) is 0 Å². The Kier molecular flexibility index (Phi) is 7.82. The molecular weight excluding hydrogens is 102 g/mol. The predicted octanol–water partition coefficient (Wildman–Crippen LogP) is 1.02. The van der Waals surface area contributed by atoms with Crippen molar-refractivity contribution in [3.8, 4) is 0 Å². The summed E-state index contributed by atoms with van der Waals surface area (Å²) < 4.78 is 0. The lowest BCUT2D eigenvalue weighted by Crippen LogP contribution is -1.47. The Morgan fingerprint density at radius 3 is 0.750 bits per heavy atom. The highest BCUT2D eigenvalue weighted by atomic mass is 16.0. The Labute approximate surface area is 49.0 Å². The molecule has 2 nitrogen and oxygen atoms in total. The first kappa shape index (κ1) is 10.2. The van der Waals surface area contributed by atoms with Crippen LogP contribution >= 0.6 is 0 Å². The first-order chi connectivity index (χ1) is 3.00. The van der Waals surface area contributed by atoms with Gasteiger partial charge >= 0.3 is 0 Å². The maximum Gasteiger partial charge on any atom is -0.0623 e. The van der Waals surface area contributed by atoms with Crippen LogP contribution in [0, 0.1) is 0 Å². The summed E-state index contributed by atoms with van der Waals surface area (Å²) in [6.45, 7) is 0. The van der Waals surface area contributed by atoms with E-state index in [1.54, 1.807) is 0 Å². The lowest BCUT2D eigenvalue weighted by molar-refractivity contribution is 0.824. The maximum absolute atomic E-state index is 2.00. The summed E-state index contributed by atoms with van der Waals surface area (Å²) in [6, 6.07) is 12.0. The van der Waals surface area contributed by atoms with E-state index in [4.69, 9.17) is 0 Å². The largest absolute Gasteiger partial charge is 0.412 e. The Bertz CT molecular complexity index is 80.5. The highest BCUT2D eigenvalue weighted by Gasteiger charge is 1.57. The monoisotopic (exact) mass is 113 g/mol. The number of hydrogen-bond donors (Lipinski definition) is 1. The average Bonchev–Trinajstić information content (AvgIpc) is 1.72. The van der Waals surface area contributed by atoms with E-state index in [-0.39, 0.29) is 11.6 Å². The van der Waals surface area contributed by atoms with Crippen molar-refractivity contribution in [1.82, 2.24) is 6.15 Å². The molecule has 0 heterocycles. The maximum atomic E-state index is 2.00. The first-order valence-corrected chi connectivity index (χ1v) is 2.00. The van der Waals surface area contributed by atoms with E-state index >= 15 is 0 Å². The van der Waals surface area contributed by atoms with Crippen LogP contribution in [-0.2, 0) is 0 Å². The molecule has 1 aromatic carbocycles. The van der Waals surface area contributed by atoms with Gasteiger partial charge in [-0.15, -0.1) is 0 Å². The molecule has 0 bridgehead atoms. The molecule has 0 amide bonds. The van der Waals surface area contributed by atoms with E-state index in [1.807, 2.05) is 36.4 Å². The van der Waals surface area contributed by atoms with Crippen molar-refractivity contribution in [3.63, 3.8) is 0 Å². The van der Waals surface area contributed by atoms with E-state index in [9.17, 15) is 0 Å². The van der Waals surface area contributed by atoms with Gasteiger partial charge in [-0.05, 0) is 0 Å². The molecule has 1 rings (SSSR count). The van der Waals surface area contributed by atoms with Crippen molar-refractivity contribution >= 4 is 0 Å². The van der Waals surface area contributed by atoms with Crippen molar-refractivity contribution in [2.24, 2.45) is 0 Å². The number of hydrogen-bond acceptors (Lipinski definition) is 1. The molecule has 0 unspecified atom stereocenters. The second-order valence-corrected chi connectivity index (χ2v) is 1.15. The summed E-state index contributed by atoms with van der Waals surface area (Å²) in [4.78, 5) is 0. The lowest BCUT2D eigenvalue weighted by Gasteiger charge is -1.69. The first-order valence-electron chi connectivity index (χ1n) is 2.00. The normalized spacial score (nSPS) is 6.00. The van der Waals surface area contributed by atoms with Crippen LogP contribution < -0.4 is 6.15 Å². The van der Waals surface area contributed by atoms with Gasteiger partial charge in [0.1, 0.15) is 0 Å². The zero-order valence-corrected chi connectivity index (χ0v) is 4.67. The van der Waals surface area contributed by atoms with Gasteiger partial charge in [0, 0.05) is 0 Å². The second-order valence-electron chi connectivity index (χ2n) is 1.15. The molecule has 0 aromatic heterocycles. The van der Waals surface area contributed by atoms with Crippen LogP contribution in [0.15, 0.2) is 36.4 Å². The van der Waals surface area contributed by atoms with Gasteiger partial charge < -0.3 is 11.6 Å². The molecule has 0 fully saturated rings. The Balaban J connectivity index is 0. The van der Waals surface area contributed by atoms with E-state index in [0.717, 1.165) is 0 Å². The van der Waals surface area contributed by atoms with Gasteiger partial charge in [-0.3, -0.25) is 0 Å². The highest BCUT2D eigenvalue weighted by molar-refractivity contribution is 4.99. The number of rotatable bonds is 0. The van der Waals surface area contributed by atoms with Gasteiger partial charge in [-0.2, -0.15) is 0 Å². The smallest absolute Gasteiger partial charge is 0.0623 e. The average molecular weight is 113 g/mol. The molecule has 0 radical (unpaired) electrons. The fraction of sp³-hybridized carbons (Fsp3) is 0. The highest BCUT2D eigenvalue weighted by Crippen LogP contribution is 1.79. The standard InChI is InChI=1S/C6H6.H3N.H2O/c1-2-4-6-5-3-1;;/h1-6H;1H3;1H2. The van der Waals surface area contributed by atoms with Gasteiger partial charge in [0.25, 0.3) is 0 Å². The van der Waals surface area contributed by atoms with Gasteiger partial charge in [-0.25, -0.2) is 0 Å². The van der Waals surface area contributed by atoms with Gasteiger partial charge in [0.2, 0.25) is 0 Å². The van der Waals surface area contributed by atoms with Crippen LogP contribution in [0.2, 0.25) is 0 Å². The van der Waals surface area contributed by atoms with Crippen LogP contribution in [0.3, 0.4) is 0 Å². The van der Waals surface area contributed by atoms with Crippen LogP contribution in [0.4, 0.5) is 0 Å². The molecule has 0 saturated carbocycles. The molecule has 0 spiro atoms. The van der Waals surface area contributed by atoms with E-state index in [0.29, 0.717) is 0 Å². The molecule has 0 atom stereocenters. The van der Waals surface area contributed by atoms with Crippen molar-refractivity contribution in [2.45, 2.75) is 0 Å². The lowest BCUT2D eigenvalue weighted by atomic mass is 10.4. The quantitative estimate of drug-likeness (QED) is 0.536. The van der Waals surface area contributed by atoms with Crippen molar-refractivity contribution < 1.29 is 5.48 Å². The molecule has 2 heteroatoms. The van der Waals surface area contributed by atoms with Gasteiger partial charge in [-0.1, -0.05) is 36.4 Å². The van der Waals surface area contributed by atoms with Crippen LogP contribution in [0.5, 0.6) is 0 Å². The van der Waals surface area contributed by atoms with Crippen LogP contribution in [0.25, 0.3) is 0 Å². The zero-order chi connectivity index (χ0) is 4.24. The molecule has 46 valence electrons. The Morgan fingerprint density at radius 1 is 0.500 bits per heavy atom. The van der Waals surface area contributed by atoms with E-state index in [1.165, 1.54) is 0 Å². The Morgan fingerprint density at radius 2 is 0.625 bits per heavy atom. The van der Waals surface area contributed by atoms with Crippen molar-refractivity contribution in [3.05, 3.63) is 36.4 Å². The van der Waals surface area contributed by atoms with E-state index < -0.39 is 0 Å². The minimum Gasteiger partial charge on any atom is -0.412 e. The molecule has 1 aromatic rings. The summed E-state index contributed by atoms with van der Waals surface area (Å²) >= 11 is 0. The topological polar surface area (TPSA) is 66.5 Å². The fourth-order valence-corrected chi connectivity index (χ4v) is 0.385. The molecule has 5 N–H and O–H groups in total. The second kappa shape index (κ2) is 6.14. The molecule has 8 heavy (non-hydrogen) atoms. The van der Waals surface area contributed by atoms with Crippen LogP contribution in [-0.4, -0.2) is 5.48 Å². The third-order valence-corrected chi connectivity index (χ3v) is 0.667. The predicted molar refractivity (Wildman–Crippen MR) is 35.1 cm³/mol. The van der Waals surface area contributed by atoms with E-state index in [2.05, 4.69) is 0 Å². The molecule has 0 saturated heterocycles. The summed E-state index contributed by atoms with van der Waals surface area (Å²) in [5.74, 6) is 0. The Hall–Kier alpha value is -0.860. The van der Waals surface area contributed by atoms with Crippen molar-refractivity contribution in [2.75, 3.05) is 0 Å². The minimum absolute atomic E-state index is 0. The van der Waals surface area contributed by atoms with Crippen LogP contribution in [0.1, 0.15) is 0 Å². The molecular formula is C6H11NO. The zero-order valence-electron chi connectivity index (χ0n) is 4.67. The third-order valence-electron chi connectivity index (χ3n) is 0.667. The molecule has 0 aliphatic heterocycles. The molecule has 0 aliphatic rings. The summed E-state index contributed by atoms with van der Waals surface area (Å²) in [5, 5.41) is 0. The third kappa shape index (κ3) is 3.33. The summed E-state index contributed by atoms with van der Waals surface area (Å²) in [6.07, 6.45) is 0. The molecule has 0 aliphatic carbocycles. The minimum atomic E-state index is 0. The fourth-order valence-electron chi connectivity index (χ4n) is 0.385. The summed E-state index contributed by atoms with van der Waals surface area (Å²) in [5.41, 5.74) is 0.